The monoisotopic (exact) mass is 547 g/mol. The Morgan fingerprint density at radius 1 is 0.769 bits per heavy atom. The number of nitrogens with one attached hydrogen (secondary N) is 1. The molecule has 0 amide bonds. The van der Waals surface area contributed by atoms with Gasteiger partial charge in [-0.2, -0.15) is 0 Å². The summed E-state index contributed by atoms with van der Waals surface area (Å²) in [5, 5.41) is 6.02. The summed E-state index contributed by atoms with van der Waals surface area (Å²) >= 11 is 0. The van der Waals surface area contributed by atoms with Gasteiger partial charge in [0.2, 0.25) is 0 Å². The molecule has 1 heterocycles. The van der Waals surface area contributed by atoms with Crippen LogP contribution in [0.25, 0.3) is 10.8 Å². The molecule has 6 heteroatoms. The van der Waals surface area contributed by atoms with Crippen LogP contribution < -0.4 is 14.8 Å². The summed E-state index contributed by atoms with van der Waals surface area (Å²) in [4.78, 5) is 0. The van der Waals surface area contributed by atoms with Crippen LogP contribution >= 0.6 is 12.4 Å². The van der Waals surface area contributed by atoms with Crippen LogP contribution in [0.2, 0.25) is 0 Å². The summed E-state index contributed by atoms with van der Waals surface area (Å²) in [5.41, 5.74) is 3.66. The quantitative estimate of drug-likeness (QED) is 0.195. The first-order valence-corrected chi connectivity index (χ1v) is 13.5. The molecule has 1 saturated heterocycles. The van der Waals surface area contributed by atoms with E-state index in [9.17, 15) is 0 Å². The first kappa shape index (κ1) is 28.9. The van der Waals surface area contributed by atoms with E-state index in [1.54, 1.807) is 7.11 Å². The lowest BCUT2D eigenvalue weighted by atomic mass is 9.87. The molecule has 0 aliphatic carbocycles. The summed E-state index contributed by atoms with van der Waals surface area (Å²) in [7, 11) is 1.67. The van der Waals surface area contributed by atoms with Gasteiger partial charge in [0, 0.05) is 18.9 Å². The second kappa shape index (κ2) is 14.9. The molecule has 0 spiro atoms. The third kappa shape index (κ3) is 8.20. The molecular formula is C33H38ClNO4. The molecular weight excluding hydrogens is 510 g/mol. The van der Waals surface area contributed by atoms with Crippen molar-refractivity contribution in [2.24, 2.45) is 0 Å². The maximum atomic E-state index is 6.45. The van der Waals surface area contributed by atoms with Crippen molar-refractivity contribution in [2.75, 3.05) is 33.4 Å². The maximum absolute atomic E-state index is 6.45. The fourth-order valence-electron chi connectivity index (χ4n) is 4.99. The summed E-state index contributed by atoms with van der Waals surface area (Å²) in [5.74, 6) is 2.13. The predicted molar refractivity (Wildman–Crippen MR) is 159 cm³/mol. The van der Waals surface area contributed by atoms with Gasteiger partial charge in [-0.3, -0.25) is 0 Å². The molecule has 39 heavy (non-hydrogen) atoms. The minimum atomic E-state index is 0. The van der Waals surface area contributed by atoms with E-state index in [4.69, 9.17) is 18.9 Å². The highest BCUT2D eigenvalue weighted by molar-refractivity contribution is 5.85. The molecule has 0 radical (unpaired) electrons. The molecule has 0 bridgehead atoms. The molecule has 0 saturated carbocycles. The molecule has 2 unspecified atom stereocenters. The van der Waals surface area contributed by atoms with E-state index >= 15 is 0 Å². The van der Waals surface area contributed by atoms with Gasteiger partial charge in [-0.1, -0.05) is 60.7 Å². The van der Waals surface area contributed by atoms with Crippen molar-refractivity contribution in [1.29, 1.82) is 0 Å². The third-order valence-corrected chi connectivity index (χ3v) is 7.14. The van der Waals surface area contributed by atoms with Crippen LogP contribution in [0.15, 0.2) is 91.0 Å². The van der Waals surface area contributed by atoms with Gasteiger partial charge in [-0.05, 0) is 70.8 Å². The maximum Gasteiger partial charge on any atom is 0.119 e. The number of benzene rings is 4. The van der Waals surface area contributed by atoms with Crippen LogP contribution in [0.5, 0.6) is 11.5 Å². The molecule has 1 aliphatic heterocycles. The molecule has 4 aromatic rings. The number of rotatable bonds is 12. The molecule has 1 N–H and O–H groups in total. The van der Waals surface area contributed by atoms with Gasteiger partial charge in [-0.25, -0.2) is 0 Å². The van der Waals surface area contributed by atoms with Crippen molar-refractivity contribution in [3.05, 3.63) is 108 Å². The third-order valence-electron chi connectivity index (χ3n) is 7.14. The molecule has 4 aromatic carbocycles. The van der Waals surface area contributed by atoms with Crippen molar-refractivity contribution in [1.82, 2.24) is 5.32 Å². The van der Waals surface area contributed by atoms with E-state index in [0.29, 0.717) is 32.3 Å². The van der Waals surface area contributed by atoms with Gasteiger partial charge in [0.25, 0.3) is 0 Å². The van der Waals surface area contributed by atoms with Gasteiger partial charge >= 0.3 is 0 Å². The Hall–Kier alpha value is -3.09. The average molecular weight is 548 g/mol. The fourth-order valence-corrected chi connectivity index (χ4v) is 4.99. The largest absolute Gasteiger partial charge is 0.497 e. The van der Waals surface area contributed by atoms with Crippen LogP contribution in [0.4, 0.5) is 0 Å². The minimum absolute atomic E-state index is 0. The van der Waals surface area contributed by atoms with Crippen molar-refractivity contribution < 1.29 is 18.9 Å². The normalized spacial score (nSPS) is 16.9. The Morgan fingerprint density at radius 3 is 2.31 bits per heavy atom. The molecule has 5 rings (SSSR count). The molecule has 1 aliphatic rings. The van der Waals surface area contributed by atoms with E-state index < -0.39 is 0 Å². The number of methoxy groups -OCH3 is 1. The number of piperidine rings is 1. The van der Waals surface area contributed by atoms with E-state index in [2.05, 4.69) is 72.0 Å². The minimum Gasteiger partial charge on any atom is -0.497 e. The Balaban J connectivity index is 0.00000353. The first-order chi connectivity index (χ1) is 18.8. The van der Waals surface area contributed by atoms with E-state index in [1.165, 1.54) is 21.9 Å². The number of fused-ring (bicyclic) bond motifs is 1. The summed E-state index contributed by atoms with van der Waals surface area (Å²) in [6, 6.07) is 31.5. The number of halogens is 1. The predicted octanol–water partition coefficient (Wildman–Crippen LogP) is 6.92. The Bertz CT molecular complexity index is 1280. The summed E-state index contributed by atoms with van der Waals surface area (Å²) in [6.07, 6.45) is 2.05. The van der Waals surface area contributed by atoms with E-state index in [-0.39, 0.29) is 18.5 Å². The van der Waals surface area contributed by atoms with Crippen molar-refractivity contribution in [3.63, 3.8) is 0 Å². The topological polar surface area (TPSA) is 49.0 Å². The second-order valence-corrected chi connectivity index (χ2v) is 9.80. The van der Waals surface area contributed by atoms with Crippen LogP contribution in [0.3, 0.4) is 0 Å². The Kier molecular flexibility index (Phi) is 11.0. The molecule has 1 fully saturated rings. The summed E-state index contributed by atoms with van der Waals surface area (Å²) < 4.78 is 23.4. The Morgan fingerprint density at radius 2 is 1.51 bits per heavy atom. The number of hydrogen-bond donors (Lipinski definition) is 1. The van der Waals surface area contributed by atoms with Crippen LogP contribution in [0, 0.1) is 0 Å². The zero-order valence-corrected chi connectivity index (χ0v) is 23.3. The Labute approximate surface area is 237 Å². The van der Waals surface area contributed by atoms with Gasteiger partial charge in [0.15, 0.2) is 0 Å². The zero-order chi connectivity index (χ0) is 26.0. The highest BCUT2D eigenvalue weighted by Gasteiger charge is 2.27. The standard InChI is InChI=1S/C33H37NO4.ClH/c1-35-30-13-8-25(9-14-30)23-36-19-4-20-37-31-15-11-28(12-16-31)32-17-18-34-22-33(32)38-24-26-7-10-27-5-2-3-6-29(27)21-26;/h2-3,5-16,21,32-34H,4,17-20,22-24H2,1H3;1H. The highest BCUT2D eigenvalue weighted by Crippen LogP contribution is 2.30. The zero-order valence-electron chi connectivity index (χ0n) is 22.5. The second-order valence-electron chi connectivity index (χ2n) is 9.80. The van der Waals surface area contributed by atoms with Gasteiger partial charge in [-0.15, -0.1) is 12.4 Å². The first-order valence-electron chi connectivity index (χ1n) is 13.5. The lowest BCUT2D eigenvalue weighted by molar-refractivity contribution is 0.0106. The van der Waals surface area contributed by atoms with E-state index in [0.717, 1.165) is 43.0 Å². The highest BCUT2D eigenvalue weighted by atomic mass is 35.5. The van der Waals surface area contributed by atoms with Crippen LogP contribution in [-0.4, -0.2) is 39.5 Å². The molecule has 0 aromatic heterocycles. The van der Waals surface area contributed by atoms with Crippen molar-refractivity contribution in [3.8, 4) is 11.5 Å². The van der Waals surface area contributed by atoms with Gasteiger partial charge in [0.05, 0.1) is 39.6 Å². The van der Waals surface area contributed by atoms with E-state index in [1.807, 2.05) is 24.3 Å². The van der Waals surface area contributed by atoms with Crippen molar-refractivity contribution in [2.45, 2.75) is 38.1 Å². The number of hydrogen-bond acceptors (Lipinski definition) is 5. The van der Waals surface area contributed by atoms with Gasteiger partial charge in [0.1, 0.15) is 11.5 Å². The molecule has 2 atom stereocenters. The molecule has 206 valence electrons. The number of ether oxygens (including phenoxy) is 4. The van der Waals surface area contributed by atoms with Crippen LogP contribution in [-0.2, 0) is 22.7 Å². The summed E-state index contributed by atoms with van der Waals surface area (Å²) in [6.45, 7) is 4.39. The average Bonchev–Trinajstić information content (AvgIpc) is 2.98. The SMILES string of the molecule is COc1ccc(COCCCOc2ccc(C3CCNCC3OCc3ccc4ccccc4c3)cc2)cc1.Cl. The van der Waals surface area contributed by atoms with Crippen LogP contribution in [0.1, 0.15) is 35.4 Å². The molecule has 5 nitrogen and oxygen atoms in total. The fraction of sp³-hybridized carbons (Fsp3) is 0.333. The van der Waals surface area contributed by atoms with Crippen molar-refractivity contribution >= 4 is 23.2 Å². The smallest absolute Gasteiger partial charge is 0.119 e. The lowest BCUT2D eigenvalue weighted by Crippen LogP contribution is -2.40. The lowest BCUT2D eigenvalue weighted by Gasteiger charge is -2.32. The van der Waals surface area contributed by atoms with Gasteiger partial charge < -0.3 is 24.3 Å².